The van der Waals surface area contributed by atoms with E-state index in [2.05, 4.69) is 37.2 Å². The van der Waals surface area contributed by atoms with Crippen molar-refractivity contribution in [1.82, 2.24) is 24.7 Å². The van der Waals surface area contributed by atoms with Crippen molar-refractivity contribution in [3.63, 3.8) is 0 Å². The van der Waals surface area contributed by atoms with E-state index in [1.807, 2.05) is 48.5 Å². The van der Waals surface area contributed by atoms with Crippen molar-refractivity contribution in [1.29, 1.82) is 0 Å². The van der Waals surface area contributed by atoms with Gasteiger partial charge in [-0.1, -0.05) is 83.0 Å². The number of aromatic nitrogens is 5. The number of amides is 1. The third kappa shape index (κ3) is 5.94. The van der Waals surface area contributed by atoms with E-state index in [1.54, 1.807) is 12.3 Å². The topological polar surface area (TPSA) is 85.6 Å². The first-order valence-electron chi connectivity index (χ1n) is 12.1. The number of anilines is 1. The first-order chi connectivity index (χ1) is 19.4. The minimum atomic E-state index is -0.208. The summed E-state index contributed by atoms with van der Waals surface area (Å²) in [6, 6.07) is 21.3. The van der Waals surface area contributed by atoms with Crippen molar-refractivity contribution >= 4 is 91.0 Å². The van der Waals surface area contributed by atoms with Gasteiger partial charge >= 0.3 is 0 Å². The second kappa shape index (κ2) is 11.7. The fourth-order valence-electron chi connectivity index (χ4n) is 4.28. The molecular formula is C28H19Cl3N6OS2. The molecule has 0 saturated carbocycles. The van der Waals surface area contributed by atoms with Crippen LogP contribution in [-0.4, -0.2) is 36.4 Å². The summed E-state index contributed by atoms with van der Waals surface area (Å²) < 4.78 is 2.10. The van der Waals surface area contributed by atoms with E-state index >= 15 is 0 Å². The number of fused-ring (bicyclic) bond motifs is 3. The Hall–Kier alpha value is -3.21. The molecule has 0 spiro atoms. The summed E-state index contributed by atoms with van der Waals surface area (Å²) in [5.41, 5.74) is 4.46. The molecular weight excluding hydrogens is 607 g/mol. The zero-order valence-corrected chi connectivity index (χ0v) is 24.5. The molecule has 0 aliphatic carbocycles. The molecule has 1 N–H and O–H groups in total. The van der Waals surface area contributed by atoms with Crippen molar-refractivity contribution in [2.45, 2.75) is 18.1 Å². The number of rotatable bonds is 8. The predicted octanol–water partition coefficient (Wildman–Crippen LogP) is 7.77. The van der Waals surface area contributed by atoms with E-state index in [4.69, 9.17) is 39.8 Å². The molecule has 200 valence electrons. The van der Waals surface area contributed by atoms with E-state index in [9.17, 15) is 4.79 Å². The van der Waals surface area contributed by atoms with Gasteiger partial charge in [0.2, 0.25) is 11.1 Å². The Kier molecular flexibility index (Phi) is 7.91. The molecule has 0 aliphatic rings. The summed E-state index contributed by atoms with van der Waals surface area (Å²) in [7, 11) is 0. The standard InChI is InChI=1S/C28H19Cl3N6OS2/c29-18-7-9-23-20(12-18)25-26(37(23)14-16-4-2-1-3-5-16)34-28(36-35-25)39-15-24(38)33-27-32-13-19(40-27)10-17-6-8-21(30)22(31)11-17/h1-9,11-13H,10,14-15H2,(H,32,33,38). The highest BCUT2D eigenvalue weighted by molar-refractivity contribution is 7.99. The highest BCUT2D eigenvalue weighted by Gasteiger charge is 2.17. The van der Waals surface area contributed by atoms with Crippen LogP contribution >= 0.6 is 57.9 Å². The van der Waals surface area contributed by atoms with E-state index in [1.165, 1.54) is 23.1 Å². The molecule has 0 unspecified atom stereocenters. The summed E-state index contributed by atoms with van der Waals surface area (Å²) in [5, 5.41) is 15.0. The number of carbonyl (C=O) groups is 1. The molecule has 40 heavy (non-hydrogen) atoms. The zero-order valence-electron chi connectivity index (χ0n) is 20.6. The average Bonchev–Trinajstić information content (AvgIpc) is 3.51. The lowest BCUT2D eigenvalue weighted by Gasteiger charge is -2.07. The van der Waals surface area contributed by atoms with Crippen molar-refractivity contribution in [2.24, 2.45) is 0 Å². The van der Waals surface area contributed by atoms with Gasteiger partial charge in [-0.25, -0.2) is 9.97 Å². The molecule has 3 heterocycles. The van der Waals surface area contributed by atoms with Gasteiger partial charge in [0.1, 0.15) is 5.52 Å². The van der Waals surface area contributed by atoms with Crippen LogP contribution in [-0.2, 0) is 17.8 Å². The minimum absolute atomic E-state index is 0.111. The molecule has 0 fully saturated rings. The zero-order chi connectivity index (χ0) is 27.6. The van der Waals surface area contributed by atoms with Gasteiger partial charge in [0, 0.05) is 34.4 Å². The van der Waals surface area contributed by atoms with Crippen LogP contribution < -0.4 is 5.32 Å². The molecule has 6 rings (SSSR count). The molecule has 7 nitrogen and oxygen atoms in total. The molecule has 0 radical (unpaired) electrons. The lowest BCUT2D eigenvalue weighted by molar-refractivity contribution is -0.113. The second-order valence-corrected chi connectivity index (χ2v) is 12.2. The largest absolute Gasteiger partial charge is 0.319 e. The second-order valence-electron chi connectivity index (χ2n) is 8.89. The number of thiazole rings is 1. The molecule has 1 amide bonds. The van der Waals surface area contributed by atoms with Crippen LogP contribution in [0.1, 0.15) is 16.0 Å². The maximum Gasteiger partial charge on any atom is 0.236 e. The van der Waals surface area contributed by atoms with Gasteiger partial charge in [-0.05, 0) is 41.5 Å². The Balaban J connectivity index is 1.16. The average molecular weight is 626 g/mol. The van der Waals surface area contributed by atoms with E-state index in [-0.39, 0.29) is 11.7 Å². The van der Waals surface area contributed by atoms with Crippen molar-refractivity contribution in [2.75, 3.05) is 11.1 Å². The number of nitrogens with one attached hydrogen (secondary N) is 1. The van der Waals surface area contributed by atoms with Crippen LogP contribution in [0.2, 0.25) is 15.1 Å². The third-order valence-corrected chi connectivity index (χ3v) is 8.81. The number of benzene rings is 3. The summed E-state index contributed by atoms with van der Waals surface area (Å²) in [6.45, 7) is 0.611. The van der Waals surface area contributed by atoms with Crippen LogP contribution in [0.3, 0.4) is 0 Å². The Labute approximate surface area is 252 Å². The number of carbonyl (C=O) groups excluding carboxylic acids is 1. The van der Waals surface area contributed by atoms with Crippen LogP contribution in [0.4, 0.5) is 5.13 Å². The maximum absolute atomic E-state index is 12.7. The van der Waals surface area contributed by atoms with E-state index in [0.29, 0.717) is 49.5 Å². The first-order valence-corrected chi connectivity index (χ1v) is 15.0. The number of hydrogen-bond acceptors (Lipinski definition) is 7. The predicted molar refractivity (Wildman–Crippen MR) is 164 cm³/mol. The van der Waals surface area contributed by atoms with Gasteiger partial charge in [0.25, 0.3) is 0 Å². The summed E-state index contributed by atoms with van der Waals surface area (Å²) in [6.07, 6.45) is 2.38. The molecule has 3 aromatic heterocycles. The number of halogens is 3. The Bertz CT molecular complexity index is 1860. The molecule has 0 bridgehead atoms. The first kappa shape index (κ1) is 27.0. The van der Waals surface area contributed by atoms with Crippen molar-refractivity contribution < 1.29 is 4.79 Å². The highest BCUT2D eigenvalue weighted by Crippen LogP contribution is 2.31. The van der Waals surface area contributed by atoms with Gasteiger partial charge < -0.3 is 9.88 Å². The SMILES string of the molecule is O=C(CSc1nnc2c3cc(Cl)ccc3n(Cc3ccccc3)c2n1)Nc1ncc(Cc2ccc(Cl)c(Cl)c2)s1. The van der Waals surface area contributed by atoms with Gasteiger partial charge in [-0.15, -0.1) is 21.5 Å². The minimum Gasteiger partial charge on any atom is -0.319 e. The number of nitrogens with zero attached hydrogens (tertiary/aromatic N) is 5. The highest BCUT2D eigenvalue weighted by atomic mass is 35.5. The molecule has 0 aliphatic heterocycles. The Morgan fingerprint density at radius 2 is 1.80 bits per heavy atom. The van der Waals surface area contributed by atoms with Crippen LogP contribution in [0.5, 0.6) is 0 Å². The fraction of sp³-hybridized carbons (Fsp3) is 0.107. The molecule has 0 atom stereocenters. The Morgan fingerprint density at radius 3 is 2.62 bits per heavy atom. The smallest absolute Gasteiger partial charge is 0.236 e. The molecule has 6 aromatic rings. The number of hydrogen-bond donors (Lipinski definition) is 1. The monoisotopic (exact) mass is 624 g/mol. The van der Waals surface area contributed by atoms with Crippen LogP contribution in [0.25, 0.3) is 22.1 Å². The number of thioether (sulfide) groups is 1. The lowest BCUT2D eigenvalue weighted by atomic mass is 10.1. The van der Waals surface area contributed by atoms with Gasteiger partial charge in [0.05, 0.1) is 21.3 Å². The summed E-state index contributed by atoms with van der Waals surface area (Å²) >= 11 is 21.0. The quantitative estimate of drug-likeness (QED) is 0.174. The van der Waals surface area contributed by atoms with Crippen LogP contribution in [0.15, 0.2) is 78.1 Å². The molecule has 3 aromatic carbocycles. The molecule has 12 heteroatoms. The van der Waals surface area contributed by atoms with Gasteiger partial charge in [-0.3, -0.25) is 4.79 Å². The summed E-state index contributed by atoms with van der Waals surface area (Å²) in [5.74, 6) is -0.0969. The Morgan fingerprint density at radius 1 is 0.950 bits per heavy atom. The third-order valence-electron chi connectivity index (χ3n) is 6.09. The van der Waals surface area contributed by atoms with E-state index < -0.39 is 0 Å². The van der Waals surface area contributed by atoms with Crippen molar-refractivity contribution in [3.8, 4) is 0 Å². The summed E-state index contributed by atoms with van der Waals surface area (Å²) in [4.78, 5) is 22.8. The normalized spacial score (nSPS) is 11.4. The fourth-order valence-corrected chi connectivity index (χ4v) is 6.22. The molecule has 0 saturated heterocycles. The van der Waals surface area contributed by atoms with Gasteiger partial charge in [0.15, 0.2) is 10.8 Å². The van der Waals surface area contributed by atoms with Crippen LogP contribution in [0, 0.1) is 0 Å². The van der Waals surface area contributed by atoms with E-state index in [0.717, 1.165) is 26.9 Å². The van der Waals surface area contributed by atoms with Gasteiger partial charge in [-0.2, -0.15) is 0 Å². The van der Waals surface area contributed by atoms with Crippen molar-refractivity contribution in [3.05, 3.63) is 104 Å². The lowest BCUT2D eigenvalue weighted by Crippen LogP contribution is -2.14. The maximum atomic E-state index is 12.7.